The van der Waals surface area contributed by atoms with Gasteiger partial charge in [0.1, 0.15) is 11.1 Å². The molecular weight excluding hydrogens is 361 g/mol. The molecule has 2 heterocycles. The number of benzene rings is 1. The second-order valence-electron chi connectivity index (χ2n) is 5.28. The largest absolute Gasteiger partial charge is 0.336 e. The summed E-state index contributed by atoms with van der Waals surface area (Å²) in [6.07, 6.45) is 0. The zero-order valence-corrected chi connectivity index (χ0v) is 14.3. The fourth-order valence-corrected chi connectivity index (χ4v) is 5.70. The van der Waals surface area contributed by atoms with Crippen molar-refractivity contribution < 1.29 is 17.6 Å². The van der Waals surface area contributed by atoms with Crippen molar-refractivity contribution >= 4 is 38.7 Å². The Kier molecular flexibility index (Phi) is 4.44. The first kappa shape index (κ1) is 16.4. The lowest BCUT2D eigenvalue weighted by Crippen LogP contribution is -2.45. The van der Waals surface area contributed by atoms with E-state index in [-0.39, 0.29) is 29.4 Å². The quantitative estimate of drug-likeness (QED) is 0.812. The van der Waals surface area contributed by atoms with Gasteiger partial charge in [0.25, 0.3) is 5.91 Å². The Bertz CT molecular complexity index is 816. The van der Waals surface area contributed by atoms with Gasteiger partial charge < -0.3 is 4.90 Å². The fraction of sp³-hybridized carbons (Fsp3) is 0.267. The number of halogens is 2. The second-order valence-corrected chi connectivity index (χ2v) is 9.00. The predicted octanol–water partition coefficient (Wildman–Crippen LogP) is 3.15. The maximum absolute atomic E-state index is 13.4. The molecule has 0 N–H and O–H groups in total. The first-order chi connectivity index (χ1) is 10.9. The van der Waals surface area contributed by atoms with Crippen molar-refractivity contribution in [1.29, 1.82) is 0 Å². The van der Waals surface area contributed by atoms with Gasteiger partial charge in [-0.15, -0.1) is 11.3 Å². The van der Waals surface area contributed by atoms with E-state index in [9.17, 15) is 17.6 Å². The monoisotopic (exact) mass is 373 g/mol. The third kappa shape index (κ3) is 3.41. The molecule has 1 fully saturated rings. The summed E-state index contributed by atoms with van der Waals surface area (Å²) in [5.41, 5.74) is 0.124. The van der Waals surface area contributed by atoms with Crippen LogP contribution in [0.3, 0.4) is 0 Å². The molecule has 8 heteroatoms. The molecular formula is C15H13ClFNO3S2. The topological polar surface area (TPSA) is 54.5 Å². The van der Waals surface area contributed by atoms with Gasteiger partial charge in [-0.3, -0.25) is 4.79 Å². The third-order valence-electron chi connectivity index (χ3n) is 3.72. The van der Waals surface area contributed by atoms with Crippen LogP contribution in [0.1, 0.15) is 20.5 Å². The first-order valence-electron chi connectivity index (χ1n) is 6.87. The fourth-order valence-electron chi connectivity index (χ4n) is 2.57. The molecule has 23 heavy (non-hydrogen) atoms. The van der Waals surface area contributed by atoms with Gasteiger partial charge in [0.15, 0.2) is 9.84 Å². The summed E-state index contributed by atoms with van der Waals surface area (Å²) in [5, 5.41) is 1.20. The highest BCUT2D eigenvalue weighted by molar-refractivity contribution is 7.91. The van der Waals surface area contributed by atoms with Crippen LogP contribution in [-0.2, 0) is 9.84 Å². The Morgan fingerprint density at radius 3 is 2.78 bits per heavy atom. The number of carbonyl (C=O) groups is 1. The lowest BCUT2D eigenvalue weighted by Gasteiger charge is -2.32. The molecule has 1 atom stereocenters. The SMILES string of the molecule is O=C(c1cc(F)cc(Cl)c1)N1CCS(=O)(=O)[C@H](c2cccs2)C1. The van der Waals surface area contributed by atoms with E-state index in [2.05, 4.69) is 0 Å². The van der Waals surface area contributed by atoms with Crippen molar-refractivity contribution in [2.75, 3.05) is 18.8 Å². The molecule has 1 aromatic carbocycles. The number of hydrogen-bond donors (Lipinski definition) is 0. The van der Waals surface area contributed by atoms with Gasteiger partial charge >= 0.3 is 0 Å². The number of nitrogens with zero attached hydrogens (tertiary/aromatic N) is 1. The maximum atomic E-state index is 13.4. The normalized spacial score (nSPS) is 20.4. The van der Waals surface area contributed by atoms with Crippen molar-refractivity contribution in [2.24, 2.45) is 0 Å². The Labute approximate surface area is 142 Å². The van der Waals surface area contributed by atoms with Crippen molar-refractivity contribution in [1.82, 2.24) is 4.90 Å². The van der Waals surface area contributed by atoms with Gasteiger partial charge in [-0.05, 0) is 29.6 Å². The Hall–Kier alpha value is -1.44. The summed E-state index contributed by atoms with van der Waals surface area (Å²) in [6.45, 7) is 0.160. The molecule has 1 amide bonds. The minimum Gasteiger partial charge on any atom is -0.336 e. The molecule has 2 aromatic rings. The highest BCUT2D eigenvalue weighted by atomic mass is 35.5. The third-order valence-corrected chi connectivity index (χ3v) is 7.10. The van der Waals surface area contributed by atoms with Crippen LogP contribution < -0.4 is 0 Å². The van der Waals surface area contributed by atoms with E-state index in [4.69, 9.17) is 11.6 Å². The molecule has 1 aliphatic rings. The van der Waals surface area contributed by atoms with Crippen LogP contribution in [0.2, 0.25) is 5.02 Å². The molecule has 0 bridgehead atoms. The molecule has 1 aromatic heterocycles. The maximum Gasteiger partial charge on any atom is 0.254 e. The van der Waals surface area contributed by atoms with Gasteiger partial charge in [-0.25, -0.2) is 12.8 Å². The molecule has 0 unspecified atom stereocenters. The Morgan fingerprint density at radius 1 is 1.35 bits per heavy atom. The summed E-state index contributed by atoms with van der Waals surface area (Å²) in [5.74, 6) is -1.12. The number of amides is 1. The minimum absolute atomic E-state index is 0.0653. The van der Waals surface area contributed by atoms with Crippen LogP contribution in [0.5, 0.6) is 0 Å². The zero-order chi connectivity index (χ0) is 16.6. The Balaban J connectivity index is 1.88. The lowest BCUT2D eigenvalue weighted by atomic mass is 10.2. The molecule has 3 rings (SSSR count). The molecule has 0 radical (unpaired) electrons. The number of carbonyl (C=O) groups excluding carboxylic acids is 1. The van der Waals surface area contributed by atoms with E-state index < -0.39 is 26.8 Å². The van der Waals surface area contributed by atoms with E-state index in [1.54, 1.807) is 17.5 Å². The summed E-state index contributed by atoms with van der Waals surface area (Å²) >= 11 is 7.13. The predicted molar refractivity (Wildman–Crippen MR) is 88.2 cm³/mol. The summed E-state index contributed by atoms with van der Waals surface area (Å²) in [4.78, 5) is 14.7. The highest BCUT2D eigenvalue weighted by Crippen LogP contribution is 2.31. The minimum atomic E-state index is -3.30. The van der Waals surface area contributed by atoms with Crippen LogP contribution in [0.25, 0.3) is 0 Å². The Morgan fingerprint density at radius 2 is 2.13 bits per heavy atom. The summed E-state index contributed by atoms with van der Waals surface area (Å²) in [6, 6.07) is 7.14. The van der Waals surface area contributed by atoms with E-state index >= 15 is 0 Å². The van der Waals surface area contributed by atoms with Gasteiger partial charge in [-0.1, -0.05) is 17.7 Å². The highest BCUT2D eigenvalue weighted by Gasteiger charge is 2.36. The lowest BCUT2D eigenvalue weighted by molar-refractivity contribution is 0.0758. The van der Waals surface area contributed by atoms with E-state index in [0.29, 0.717) is 4.88 Å². The number of hydrogen-bond acceptors (Lipinski definition) is 4. The van der Waals surface area contributed by atoms with E-state index in [0.717, 1.165) is 12.1 Å². The molecule has 1 saturated heterocycles. The molecule has 1 aliphatic heterocycles. The van der Waals surface area contributed by atoms with Crippen molar-refractivity contribution in [2.45, 2.75) is 5.25 Å². The van der Waals surface area contributed by atoms with E-state index in [1.165, 1.54) is 22.3 Å². The standard InChI is InChI=1S/C15H13ClFNO3S2/c16-11-6-10(7-12(17)8-11)15(19)18-3-5-23(20,21)14(9-18)13-2-1-4-22-13/h1-2,4,6-8,14H,3,5,9H2/t14-/m0/s1. The molecule has 0 saturated carbocycles. The van der Waals surface area contributed by atoms with Crippen LogP contribution in [0.15, 0.2) is 35.7 Å². The van der Waals surface area contributed by atoms with E-state index in [1.807, 2.05) is 0 Å². The van der Waals surface area contributed by atoms with Gasteiger partial charge in [-0.2, -0.15) is 0 Å². The second kappa shape index (κ2) is 6.22. The summed E-state index contributed by atoms with van der Waals surface area (Å²) < 4.78 is 38.0. The average Bonchev–Trinajstić information content (AvgIpc) is 2.99. The molecule has 0 spiro atoms. The van der Waals surface area contributed by atoms with Crippen LogP contribution in [0, 0.1) is 5.82 Å². The van der Waals surface area contributed by atoms with Gasteiger partial charge in [0.2, 0.25) is 0 Å². The number of sulfone groups is 1. The molecule has 0 aliphatic carbocycles. The number of thiophene rings is 1. The van der Waals surface area contributed by atoms with Gasteiger partial charge in [0, 0.05) is 28.6 Å². The molecule has 122 valence electrons. The molecule has 4 nitrogen and oxygen atoms in total. The van der Waals surface area contributed by atoms with Crippen molar-refractivity contribution in [3.8, 4) is 0 Å². The van der Waals surface area contributed by atoms with Crippen LogP contribution in [0.4, 0.5) is 4.39 Å². The van der Waals surface area contributed by atoms with Crippen molar-refractivity contribution in [3.63, 3.8) is 0 Å². The smallest absolute Gasteiger partial charge is 0.254 e. The van der Waals surface area contributed by atoms with Crippen molar-refractivity contribution in [3.05, 3.63) is 57.0 Å². The number of rotatable bonds is 2. The summed E-state index contributed by atoms with van der Waals surface area (Å²) in [7, 11) is -3.30. The first-order valence-corrected chi connectivity index (χ1v) is 9.84. The van der Waals surface area contributed by atoms with Crippen LogP contribution in [-0.4, -0.2) is 38.1 Å². The van der Waals surface area contributed by atoms with Gasteiger partial charge in [0.05, 0.1) is 5.75 Å². The zero-order valence-electron chi connectivity index (χ0n) is 11.9. The van der Waals surface area contributed by atoms with Crippen LogP contribution >= 0.6 is 22.9 Å². The average molecular weight is 374 g/mol.